The number of pyridine rings is 1. The van der Waals surface area contributed by atoms with Gasteiger partial charge < -0.3 is 4.90 Å². The Morgan fingerprint density at radius 2 is 1.95 bits per heavy atom. The molecule has 0 bridgehead atoms. The van der Waals surface area contributed by atoms with Gasteiger partial charge in [0, 0.05) is 38.7 Å². The molecule has 1 aromatic rings. The number of rotatable bonds is 7. The average Bonchev–Trinajstić information content (AvgIpc) is 2.35. The van der Waals surface area contributed by atoms with Crippen LogP contribution in [0.4, 0.5) is 0 Å². The lowest BCUT2D eigenvalue weighted by Gasteiger charge is -2.17. The lowest BCUT2D eigenvalue weighted by atomic mass is 10.2. The number of carbonyl (C=O) groups excluding carboxylic acids is 1. The maximum atomic E-state index is 11.8. The van der Waals surface area contributed by atoms with Crippen LogP contribution >= 0.6 is 0 Å². The number of sulfone groups is 1. The zero-order valence-corrected chi connectivity index (χ0v) is 12.2. The predicted molar refractivity (Wildman–Crippen MR) is 74.5 cm³/mol. The molecule has 0 atom stereocenters. The summed E-state index contributed by atoms with van der Waals surface area (Å²) in [6.45, 7) is 0.627. The van der Waals surface area contributed by atoms with Crippen LogP contribution in [0, 0.1) is 0 Å². The quantitative estimate of drug-likeness (QED) is 0.746. The van der Waals surface area contributed by atoms with Gasteiger partial charge in [-0.1, -0.05) is 0 Å². The summed E-state index contributed by atoms with van der Waals surface area (Å²) in [5.74, 6) is 0.0504. The first kappa shape index (κ1) is 15.6. The Bertz CT molecular complexity index is 500. The molecule has 0 N–H and O–H groups in total. The summed E-state index contributed by atoms with van der Waals surface area (Å²) >= 11 is 0. The zero-order valence-electron chi connectivity index (χ0n) is 11.4. The van der Waals surface area contributed by atoms with Crippen molar-refractivity contribution in [2.24, 2.45) is 0 Å². The van der Waals surface area contributed by atoms with E-state index in [1.54, 1.807) is 24.3 Å². The standard InChI is InChI=1S/C13H20N2O3S/c1-15(10-7-12-5-8-14-9-6-12)13(16)4-3-11-19(2,17)18/h5-6,8-9H,3-4,7,10-11H2,1-2H3. The molecule has 0 aliphatic heterocycles. The molecule has 19 heavy (non-hydrogen) atoms. The second-order valence-corrected chi connectivity index (χ2v) is 6.91. The molecule has 0 saturated heterocycles. The van der Waals surface area contributed by atoms with Gasteiger partial charge in [-0.3, -0.25) is 9.78 Å². The van der Waals surface area contributed by atoms with Crippen molar-refractivity contribution in [1.29, 1.82) is 0 Å². The smallest absolute Gasteiger partial charge is 0.222 e. The van der Waals surface area contributed by atoms with E-state index in [9.17, 15) is 13.2 Å². The highest BCUT2D eigenvalue weighted by atomic mass is 32.2. The molecule has 1 aromatic heterocycles. The lowest BCUT2D eigenvalue weighted by Crippen LogP contribution is -2.29. The molecular weight excluding hydrogens is 264 g/mol. The molecule has 5 nitrogen and oxygen atoms in total. The monoisotopic (exact) mass is 284 g/mol. The van der Waals surface area contributed by atoms with Gasteiger partial charge in [-0.05, 0) is 30.5 Å². The molecule has 0 aliphatic carbocycles. The van der Waals surface area contributed by atoms with Gasteiger partial charge in [0.25, 0.3) is 0 Å². The second kappa shape index (κ2) is 7.23. The Morgan fingerprint density at radius 3 is 2.53 bits per heavy atom. The van der Waals surface area contributed by atoms with E-state index in [4.69, 9.17) is 0 Å². The predicted octanol–water partition coefficient (Wildman–Crippen LogP) is 0.907. The fourth-order valence-corrected chi connectivity index (χ4v) is 2.32. The molecule has 6 heteroatoms. The summed E-state index contributed by atoms with van der Waals surface area (Å²) in [7, 11) is -1.24. The SMILES string of the molecule is CN(CCc1ccncc1)C(=O)CCCS(C)(=O)=O. The molecule has 0 spiro atoms. The Balaban J connectivity index is 2.29. The molecule has 106 valence electrons. The van der Waals surface area contributed by atoms with Crippen LogP contribution in [0.15, 0.2) is 24.5 Å². The van der Waals surface area contributed by atoms with Crippen LogP contribution < -0.4 is 0 Å². The van der Waals surface area contributed by atoms with Crippen LogP contribution in [-0.2, 0) is 21.1 Å². The number of aromatic nitrogens is 1. The van der Waals surface area contributed by atoms with E-state index in [1.165, 1.54) is 6.26 Å². The zero-order chi connectivity index (χ0) is 14.3. The number of hydrogen-bond donors (Lipinski definition) is 0. The van der Waals surface area contributed by atoms with Crippen LogP contribution in [0.2, 0.25) is 0 Å². The normalized spacial score (nSPS) is 11.3. The molecule has 0 saturated carbocycles. The van der Waals surface area contributed by atoms with Crippen LogP contribution in [-0.4, -0.2) is 49.8 Å². The van der Waals surface area contributed by atoms with E-state index in [2.05, 4.69) is 4.98 Å². The van der Waals surface area contributed by atoms with E-state index >= 15 is 0 Å². The van der Waals surface area contributed by atoms with Crippen LogP contribution in [0.1, 0.15) is 18.4 Å². The van der Waals surface area contributed by atoms with Crippen molar-refractivity contribution >= 4 is 15.7 Å². The summed E-state index contributed by atoms with van der Waals surface area (Å²) in [6.07, 6.45) is 6.07. The minimum atomic E-state index is -2.98. The third kappa shape index (κ3) is 6.91. The third-order valence-corrected chi connectivity index (χ3v) is 3.85. The van der Waals surface area contributed by atoms with Crippen molar-refractivity contribution in [3.05, 3.63) is 30.1 Å². The van der Waals surface area contributed by atoms with Crippen molar-refractivity contribution in [2.45, 2.75) is 19.3 Å². The number of carbonyl (C=O) groups is 1. The topological polar surface area (TPSA) is 67.3 Å². The minimum absolute atomic E-state index is 0.0160. The highest BCUT2D eigenvalue weighted by molar-refractivity contribution is 7.90. The average molecular weight is 284 g/mol. The Morgan fingerprint density at radius 1 is 1.32 bits per heavy atom. The Hall–Kier alpha value is -1.43. The molecule has 0 unspecified atom stereocenters. The van der Waals surface area contributed by atoms with Gasteiger partial charge in [0.2, 0.25) is 5.91 Å². The maximum Gasteiger partial charge on any atom is 0.222 e. The van der Waals surface area contributed by atoms with Crippen molar-refractivity contribution < 1.29 is 13.2 Å². The molecule has 1 rings (SSSR count). The summed E-state index contributed by atoms with van der Waals surface area (Å²) in [6, 6.07) is 3.84. The van der Waals surface area contributed by atoms with E-state index in [0.29, 0.717) is 13.0 Å². The lowest BCUT2D eigenvalue weighted by molar-refractivity contribution is -0.129. The largest absolute Gasteiger partial charge is 0.345 e. The van der Waals surface area contributed by atoms with Crippen LogP contribution in [0.25, 0.3) is 0 Å². The summed E-state index contributed by atoms with van der Waals surface area (Å²) < 4.78 is 21.9. The second-order valence-electron chi connectivity index (χ2n) is 4.65. The number of amides is 1. The fourth-order valence-electron chi connectivity index (χ4n) is 1.65. The highest BCUT2D eigenvalue weighted by Crippen LogP contribution is 2.02. The fraction of sp³-hybridized carbons (Fsp3) is 0.538. The summed E-state index contributed by atoms with van der Waals surface area (Å²) in [5.41, 5.74) is 1.13. The van der Waals surface area contributed by atoms with E-state index in [0.717, 1.165) is 12.0 Å². The molecule has 0 radical (unpaired) electrons. The molecular formula is C13H20N2O3S. The maximum absolute atomic E-state index is 11.8. The van der Waals surface area contributed by atoms with Crippen molar-refractivity contribution in [3.8, 4) is 0 Å². The minimum Gasteiger partial charge on any atom is -0.345 e. The molecule has 1 amide bonds. The first-order valence-electron chi connectivity index (χ1n) is 6.19. The number of likely N-dealkylation sites (N-methyl/N-ethyl adjacent to an activating group) is 1. The van der Waals surface area contributed by atoms with Crippen LogP contribution in [0.3, 0.4) is 0 Å². The molecule has 1 heterocycles. The van der Waals surface area contributed by atoms with Crippen LogP contribution in [0.5, 0.6) is 0 Å². The number of nitrogens with zero attached hydrogens (tertiary/aromatic N) is 2. The first-order chi connectivity index (χ1) is 8.88. The molecule has 0 aromatic carbocycles. The molecule has 0 fully saturated rings. The first-order valence-corrected chi connectivity index (χ1v) is 8.25. The summed E-state index contributed by atoms with van der Waals surface area (Å²) in [5, 5.41) is 0. The van der Waals surface area contributed by atoms with Gasteiger partial charge in [-0.15, -0.1) is 0 Å². The number of hydrogen-bond acceptors (Lipinski definition) is 4. The third-order valence-electron chi connectivity index (χ3n) is 2.82. The van der Waals surface area contributed by atoms with Gasteiger partial charge in [0.05, 0.1) is 5.75 Å². The summed E-state index contributed by atoms with van der Waals surface area (Å²) in [4.78, 5) is 17.3. The van der Waals surface area contributed by atoms with Crippen molar-refractivity contribution in [3.63, 3.8) is 0 Å². The Labute approximate surface area is 114 Å². The van der Waals surface area contributed by atoms with Gasteiger partial charge in [0.1, 0.15) is 9.84 Å². The Kier molecular flexibility index (Phi) is 5.95. The van der Waals surface area contributed by atoms with E-state index < -0.39 is 9.84 Å². The van der Waals surface area contributed by atoms with Gasteiger partial charge in [-0.2, -0.15) is 0 Å². The van der Waals surface area contributed by atoms with Gasteiger partial charge in [-0.25, -0.2) is 8.42 Å². The van der Waals surface area contributed by atoms with E-state index in [-0.39, 0.29) is 18.1 Å². The van der Waals surface area contributed by atoms with Gasteiger partial charge >= 0.3 is 0 Å². The molecule has 0 aliphatic rings. The highest BCUT2D eigenvalue weighted by Gasteiger charge is 2.10. The van der Waals surface area contributed by atoms with Crippen molar-refractivity contribution in [1.82, 2.24) is 9.88 Å². The van der Waals surface area contributed by atoms with Gasteiger partial charge in [0.15, 0.2) is 0 Å². The van der Waals surface area contributed by atoms with E-state index in [1.807, 2.05) is 12.1 Å². The van der Waals surface area contributed by atoms with Crippen molar-refractivity contribution in [2.75, 3.05) is 25.6 Å².